The van der Waals surface area contributed by atoms with Crippen molar-refractivity contribution in [3.8, 4) is 17.2 Å². The van der Waals surface area contributed by atoms with Crippen molar-refractivity contribution < 1.29 is 24.2 Å². The molecule has 1 saturated heterocycles. The average molecular weight is 420 g/mol. The molecule has 0 aliphatic carbocycles. The van der Waals surface area contributed by atoms with Gasteiger partial charge >= 0.3 is 0 Å². The summed E-state index contributed by atoms with van der Waals surface area (Å²) in [5.41, 5.74) is 0.411. The van der Waals surface area contributed by atoms with Gasteiger partial charge in [0.25, 0.3) is 11.1 Å². The first-order valence-corrected chi connectivity index (χ1v) is 9.77. The Bertz CT molecular complexity index is 913. The van der Waals surface area contributed by atoms with E-state index < -0.39 is 5.91 Å². The minimum Gasteiger partial charge on any atom is -0.504 e. The number of carbonyl (C=O) groups is 2. The minimum atomic E-state index is -0.420. The first kappa shape index (κ1) is 20.1. The van der Waals surface area contributed by atoms with E-state index in [2.05, 4.69) is 0 Å². The Morgan fingerprint density at radius 2 is 1.89 bits per heavy atom. The number of amides is 2. The zero-order chi connectivity index (χ0) is 20.1. The number of aromatic hydroxyl groups is 1. The van der Waals surface area contributed by atoms with Crippen molar-refractivity contribution in [2.75, 3.05) is 19.8 Å². The van der Waals surface area contributed by atoms with Gasteiger partial charge in [-0.25, -0.2) is 0 Å². The molecule has 2 aromatic carbocycles. The van der Waals surface area contributed by atoms with Crippen LogP contribution in [0.4, 0.5) is 4.79 Å². The number of rotatable bonds is 7. The van der Waals surface area contributed by atoms with Crippen LogP contribution in [0, 0.1) is 0 Å². The molecule has 1 N–H and O–H groups in total. The van der Waals surface area contributed by atoms with E-state index in [1.54, 1.807) is 42.5 Å². The highest BCUT2D eigenvalue weighted by molar-refractivity contribution is 8.18. The molecule has 0 aromatic heterocycles. The molecule has 146 valence electrons. The maximum absolute atomic E-state index is 12.6. The van der Waals surface area contributed by atoms with Crippen molar-refractivity contribution in [2.45, 2.75) is 6.92 Å². The van der Waals surface area contributed by atoms with Gasteiger partial charge in [-0.05, 0) is 55.1 Å². The molecular weight excluding hydrogens is 402 g/mol. The van der Waals surface area contributed by atoms with Crippen LogP contribution in [-0.2, 0) is 4.79 Å². The van der Waals surface area contributed by atoms with E-state index in [4.69, 9.17) is 21.1 Å². The Kier molecular flexibility index (Phi) is 6.49. The molecule has 0 atom stereocenters. The first-order chi connectivity index (χ1) is 13.5. The van der Waals surface area contributed by atoms with Gasteiger partial charge < -0.3 is 14.6 Å². The van der Waals surface area contributed by atoms with Crippen LogP contribution in [0.15, 0.2) is 47.4 Å². The number of hydrogen-bond donors (Lipinski definition) is 1. The summed E-state index contributed by atoms with van der Waals surface area (Å²) in [7, 11) is 0. The van der Waals surface area contributed by atoms with E-state index in [-0.39, 0.29) is 29.0 Å². The number of benzene rings is 2. The Labute approximate surface area is 171 Å². The Balaban J connectivity index is 1.67. The Hall–Kier alpha value is -2.64. The summed E-state index contributed by atoms with van der Waals surface area (Å²) in [6.45, 7) is 2.50. The molecule has 1 aliphatic heterocycles. The van der Waals surface area contributed by atoms with Gasteiger partial charge in [-0.1, -0.05) is 23.7 Å². The average Bonchev–Trinajstić information content (AvgIpc) is 2.94. The topological polar surface area (TPSA) is 76.1 Å². The third kappa shape index (κ3) is 4.61. The van der Waals surface area contributed by atoms with Gasteiger partial charge in [-0.2, -0.15) is 0 Å². The number of para-hydroxylation sites is 1. The van der Waals surface area contributed by atoms with E-state index in [9.17, 15) is 14.7 Å². The minimum absolute atomic E-state index is 0.0674. The maximum Gasteiger partial charge on any atom is 0.293 e. The van der Waals surface area contributed by atoms with Crippen LogP contribution in [0.2, 0.25) is 5.02 Å². The molecule has 8 heteroatoms. The molecule has 0 unspecified atom stereocenters. The summed E-state index contributed by atoms with van der Waals surface area (Å²) < 4.78 is 10.9. The predicted molar refractivity (Wildman–Crippen MR) is 109 cm³/mol. The third-order valence-electron chi connectivity index (χ3n) is 3.89. The number of hydrogen-bond acceptors (Lipinski definition) is 6. The predicted octanol–water partition coefficient (Wildman–Crippen LogP) is 4.56. The molecule has 2 aromatic rings. The van der Waals surface area contributed by atoms with E-state index >= 15 is 0 Å². The summed E-state index contributed by atoms with van der Waals surface area (Å²) in [5, 5.41) is 10.5. The van der Waals surface area contributed by atoms with Gasteiger partial charge in [0.15, 0.2) is 11.5 Å². The molecule has 0 spiro atoms. The van der Waals surface area contributed by atoms with Gasteiger partial charge in [-0.3, -0.25) is 14.5 Å². The van der Waals surface area contributed by atoms with Crippen LogP contribution in [0.25, 0.3) is 6.08 Å². The monoisotopic (exact) mass is 419 g/mol. The van der Waals surface area contributed by atoms with Gasteiger partial charge in [0.1, 0.15) is 12.4 Å². The summed E-state index contributed by atoms with van der Waals surface area (Å²) >= 11 is 6.65. The summed E-state index contributed by atoms with van der Waals surface area (Å²) in [4.78, 5) is 26.1. The number of imide groups is 1. The molecule has 1 fully saturated rings. The first-order valence-electron chi connectivity index (χ1n) is 8.58. The second kappa shape index (κ2) is 9.03. The van der Waals surface area contributed by atoms with Gasteiger partial charge in [0.05, 0.1) is 18.1 Å². The van der Waals surface area contributed by atoms with E-state index in [0.717, 1.165) is 16.7 Å². The molecule has 2 amide bonds. The molecular formula is C20H18ClNO5S. The fraction of sp³-hybridized carbons (Fsp3) is 0.200. The van der Waals surface area contributed by atoms with Crippen LogP contribution >= 0.6 is 23.4 Å². The maximum atomic E-state index is 12.6. The lowest BCUT2D eigenvalue weighted by Crippen LogP contribution is -2.32. The smallest absolute Gasteiger partial charge is 0.293 e. The molecule has 28 heavy (non-hydrogen) atoms. The molecule has 0 radical (unpaired) electrons. The van der Waals surface area contributed by atoms with Crippen molar-refractivity contribution in [1.29, 1.82) is 0 Å². The van der Waals surface area contributed by atoms with Crippen LogP contribution in [0.3, 0.4) is 0 Å². The molecule has 3 rings (SSSR count). The standard InChI is InChI=1S/C20H18ClNO5S/c1-2-26-16-5-3-4-13(18(16)23)12-17-19(24)22(20(25)28-17)10-11-27-15-8-6-14(21)7-9-15/h3-9,12,23H,2,10-11H2,1H3/b17-12-. The highest BCUT2D eigenvalue weighted by Gasteiger charge is 2.35. The van der Waals surface area contributed by atoms with Crippen molar-refractivity contribution in [3.63, 3.8) is 0 Å². The second-order valence-corrected chi connectivity index (χ2v) is 7.19. The van der Waals surface area contributed by atoms with Crippen molar-refractivity contribution in [1.82, 2.24) is 4.90 Å². The van der Waals surface area contributed by atoms with E-state index in [1.807, 2.05) is 6.92 Å². The molecule has 0 saturated carbocycles. The van der Waals surface area contributed by atoms with Crippen LogP contribution in [0.1, 0.15) is 12.5 Å². The fourth-order valence-electron chi connectivity index (χ4n) is 2.55. The third-order valence-corrected chi connectivity index (χ3v) is 5.05. The Morgan fingerprint density at radius 3 is 2.61 bits per heavy atom. The SMILES string of the molecule is CCOc1cccc(/C=C2\SC(=O)N(CCOc3ccc(Cl)cc3)C2=O)c1O. The highest BCUT2D eigenvalue weighted by Crippen LogP contribution is 2.36. The number of nitrogens with zero attached hydrogens (tertiary/aromatic N) is 1. The zero-order valence-corrected chi connectivity index (χ0v) is 16.6. The number of halogens is 1. The molecule has 1 heterocycles. The number of thioether (sulfide) groups is 1. The number of phenols is 1. The van der Waals surface area contributed by atoms with Crippen LogP contribution < -0.4 is 9.47 Å². The van der Waals surface area contributed by atoms with Crippen LogP contribution in [-0.4, -0.2) is 40.9 Å². The van der Waals surface area contributed by atoms with Gasteiger partial charge in [0, 0.05) is 10.6 Å². The van der Waals surface area contributed by atoms with Gasteiger partial charge in [-0.15, -0.1) is 0 Å². The number of ether oxygens (including phenoxy) is 2. The quantitative estimate of drug-likeness (QED) is 0.663. The summed E-state index contributed by atoms with van der Waals surface area (Å²) in [6.07, 6.45) is 1.49. The van der Waals surface area contributed by atoms with Gasteiger partial charge in [0.2, 0.25) is 0 Å². The van der Waals surface area contributed by atoms with Crippen molar-refractivity contribution in [2.24, 2.45) is 0 Å². The zero-order valence-electron chi connectivity index (χ0n) is 15.1. The normalized spacial score (nSPS) is 15.4. The fourth-order valence-corrected chi connectivity index (χ4v) is 3.53. The summed E-state index contributed by atoms with van der Waals surface area (Å²) in [5.74, 6) is 0.439. The van der Waals surface area contributed by atoms with Crippen molar-refractivity contribution in [3.05, 3.63) is 58.0 Å². The number of phenolic OH excluding ortho intramolecular Hbond substituents is 1. The Morgan fingerprint density at radius 1 is 1.14 bits per heavy atom. The summed E-state index contributed by atoms with van der Waals surface area (Å²) in [6, 6.07) is 11.8. The molecule has 0 bridgehead atoms. The lowest BCUT2D eigenvalue weighted by Gasteiger charge is -2.13. The van der Waals surface area contributed by atoms with Crippen LogP contribution in [0.5, 0.6) is 17.2 Å². The molecule has 6 nitrogen and oxygen atoms in total. The lowest BCUT2D eigenvalue weighted by molar-refractivity contribution is -0.123. The largest absolute Gasteiger partial charge is 0.504 e. The van der Waals surface area contributed by atoms with E-state index in [0.29, 0.717) is 28.7 Å². The van der Waals surface area contributed by atoms with Crippen molar-refractivity contribution >= 4 is 40.6 Å². The second-order valence-electron chi connectivity index (χ2n) is 5.76. The lowest BCUT2D eigenvalue weighted by atomic mass is 10.1. The van der Waals surface area contributed by atoms with E-state index in [1.165, 1.54) is 6.08 Å². The highest BCUT2D eigenvalue weighted by atomic mass is 35.5. The number of carbonyl (C=O) groups excluding carboxylic acids is 2. The molecule has 1 aliphatic rings.